The third-order valence-corrected chi connectivity index (χ3v) is 2.67. The average Bonchev–Trinajstić information content (AvgIpc) is 2.62. The van der Waals surface area contributed by atoms with Gasteiger partial charge in [0.05, 0.1) is 0 Å². The summed E-state index contributed by atoms with van der Waals surface area (Å²) in [5, 5.41) is 2.70. The van der Waals surface area contributed by atoms with Crippen molar-refractivity contribution < 1.29 is 9.59 Å². The van der Waals surface area contributed by atoms with Crippen molar-refractivity contribution in [1.82, 2.24) is 15.1 Å². The second-order valence-corrected chi connectivity index (χ2v) is 3.49. The Bertz CT molecular complexity index is 254. The summed E-state index contributed by atoms with van der Waals surface area (Å²) in [5.74, 6) is 0.0667. The number of nitrogens with one attached hydrogen (secondary N) is 1. The summed E-state index contributed by atoms with van der Waals surface area (Å²) < 4.78 is 0. The highest BCUT2D eigenvalue weighted by Gasteiger charge is 2.38. The molecule has 2 saturated heterocycles. The van der Waals surface area contributed by atoms with Gasteiger partial charge < -0.3 is 15.1 Å². The second kappa shape index (κ2) is 2.90. The van der Waals surface area contributed by atoms with Gasteiger partial charge in [-0.3, -0.25) is 4.79 Å². The van der Waals surface area contributed by atoms with E-state index < -0.39 is 0 Å². The number of rotatable bonds is 1. The summed E-state index contributed by atoms with van der Waals surface area (Å²) in [6.07, 6.45) is 0.767. The van der Waals surface area contributed by atoms with Gasteiger partial charge in [0.2, 0.25) is 5.91 Å². The first-order valence-electron chi connectivity index (χ1n) is 4.49. The molecular weight excluding hydrogens is 170 g/mol. The Kier molecular flexibility index (Phi) is 1.86. The van der Waals surface area contributed by atoms with E-state index in [9.17, 15) is 9.59 Å². The SMILES string of the molecule is CN1CCC(N2CCNC2=O)C1=O. The van der Waals surface area contributed by atoms with E-state index in [-0.39, 0.29) is 18.0 Å². The molecule has 0 aromatic carbocycles. The smallest absolute Gasteiger partial charge is 0.318 e. The van der Waals surface area contributed by atoms with E-state index >= 15 is 0 Å². The van der Waals surface area contributed by atoms with E-state index in [0.29, 0.717) is 13.1 Å². The topological polar surface area (TPSA) is 52.6 Å². The average molecular weight is 183 g/mol. The Morgan fingerprint density at radius 3 is 2.62 bits per heavy atom. The predicted molar refractivity (Wildman–Crippen MR) is 46.1 cm³/mol. The summed E-state index contributed by atoms with van der Waals surface area (Å²) in [6.45, 7) is 2.07. The number of urea groups is 1. The van der Waals surface area contributed by atoms with Crippen LogP contribution < -0.4 is 5.32 Å². The van der Waals surface area contributed by atoms with Crippen LogP contribution in [0, 0.1) is 0 Å². The van der Waals surface area contributed by atoms with Gasteiger partial charge >= 0.3 is 6.03 Å². The van der Waals surface area contributed by atoms with Crippen LogP contribution in [0.2, 0.25) is 0 Å². The van der Waals surface area contributed by atoms with Crippen LogP contribution in [0.5, 0.6) is 0 Å². The number of hydrogen-bond donors (Lipinski definition) is 1. The molecule has 2 fully saturated rings. The van der Waals surface area contributed by atoms with Crippen LogP contribution in [-0.4, -0.2) is 54.5 Å². The molecule has 1 unspecified atom stereocenters. The number of nitrogens with zero attached hydrogens (tertiary/aromatic N) is 2. The Balaban J connectivity index is 2.09. The van der Waals surface area contributed by atoms with Crippen LogP contribution in [0.25, 0.3) is 0 Å². The monoisotopic (exact) mass is 183 g/mol. The molecule has 2 aliphatic rings. The van der Waals surface area contributed by atoms with Crippen LogP contribution in [0.1, 0.15) is 6.42 Å². The molecule has 72 valence electrons. The van der Waals surface area contributed by atoms with E-state index in [1.165, 1.54) is 0 Å². The van der Waals surface area contributed by atoms with Gasteiger partial charge in [0.15, 0.2) is 0 Å². The number of carbonyl (C=O) groups excluding carboxylic acids is 2. The van der Waals surface area contributed by atoms with Gasteiger partial charge in [0.1, 0.15) is 6.04 Å². The van der Waals surface area contributed by atoms with E-state index in [1.54, 1.807) is 16.8 Å². The minimum atomic E-state index is -0.215. The van der Waals surface area contributed by atoms with Crippen molar-refractivity contribution in [3.8, 4) is 0 Å². The third kappa shape index (κ3) is 1.24. The highest BCUT2D eigenvalue weighted by atomic mass is 16.2. The molecule has 1 atom stereocenters. The molecule has 0 spiro atoms. The third-order valence-electron chi connectivity index (χ3n) is 2.67. The van der Waals surface area contributed by atoms with Gasteiger partial charge in [-0.25, -0.2) is 4.79 Å². The van der Waals surface area contributed by atoms with Crippen LogP contribution in [0.15, 0.2) is 0 Å². The molecular formula is C8H13N3O2. The maximum atomic E-state index is 11.5. The fourth-order valence-corrected chi connectivity index (χ4v) is 1.88. The number of likely N-dealkylation sites (N-methyl/N-ethyl adjacent to an activating group) is 1. The Morgan fingerprint density at radius 1 is 1.38 bits per heavy atom. The lowest BCUT2D eigenvalue weighted by Gasteiger charge is -2.20. The van der Waals surface area contributed by atoms with Gasteiger partial charge in [-0.05, 0) is 6.42 Å². The molecule has 1 N–H and O–H groups in total. The second-order valence-electron chi connectivity index (χ2n) is 3.49. The van der Waals surface area contributed by atoms with Crippen molar-refractivity contribution in [2.75, 3.05) is 26.7 Å². The normalized spacial score (nSPS) is 28.5. The van der Waals surface area contributed by atoms with Crippen molar-refractivity contribution in [2.45, 2.75) is 12.5 Å². The van der Waals surface area contributed by atoms with Crippen molar-refractivity contribution in [3.05, 3.63) is 0 Å². The first-order valence-corrected chi connectivity index (χ1v) is 4.49. The molecule has 0 aromatic heterocycles. The molecule has 0 aromatic rings. The molecule has 2 rings (SSSR count). The van der Waals surface area contributed by atoms with E-state index in [4.69, 9.17) is 0 Å². The van der Waals surface area contributed by atoms with Crippen LogP contribution in [-0.2, 0) is 4.79 Å². The quantitative estimate of drug-likeness (QED) is 0.581. The van der Waals surface area contributed by atoms with Crippen LogP contribution in [0.3, 0.4) is 0 Å². The molecule has 0 radical (unpaired) electrons. The summed E-state index contributed by atoms with van der Waals surface area (Å²) in [6, 6.07) is -0.318. The highest BCUT2D eigenvalue weighted by Crippen LogP contribution is 2.17. The Labute approximate surface area is 76.7 Å². The first kappa shape index (κ1) is 8.34. The summed E-state index contributed by atoms with van der Waals surface area (Å²) in [7, 11) is 1.77. The van der Waals surface area contributed by atoms with Crippen molar-refractivity contribution >= 4 is 11.9 Å². The zero-order chi connectivity index (χ0) is 9.42. The minimum absolute atomic E-state index is 0.0667. The summed E-state index contributed by atoms with van der Waals surface area (Å²) >= 11 is 0. The van der Waals surface area contributed by atoms with Crippen molar-refractivity contribution in [1.29, 1.82) is 0 Å². The fraction of sp³-hybridized carbons (Fsp3) is 0.750. The lowest BCUT2D eigenvalue weighted by Crippen LogP contribution is -2.42. The van der Waals surface area contributed by atoms with E-state index in [1.807, 2.05) is 0 Å². The number of amides is 3. The molecule has 0 bridgehead atoms. The first-order chi connectivity index (χ1) is 6.20. The largest absolute Gasteiger partial charge is 0.344 e. The molecule has 0 aliphatic carbocycles. The van der Waals surface area contributed by atoms with Crippen LogP contribution in [0.4, 0.5) is 4.79 Å². The Hall–Kier alpha value is -1.26. The maximum absolute atomic E-state index is 11.5. The molecule has 13 heavy (non-hydrogen) atoms. The molecule has 2 heterocycles. The summed E-state index contributed by atoms with van der Waals surface area (Å²) in [5.41, 5.74) is 0. The minimum Gasteiger partial charge on any atom is -0.344 e. The standard InChI is InChI=1S/C8H13N3O2/c1-10-4-2-6(7(10)12)11-5-3-9-8(11)13/h6H,2-5H2,1H3,(H,9,13). The predicted octanol–water partition coefficient (Wildman–Crippen LogP) is -0.758. The lowest BCUT2D eigenvalue weighted by molar-refractivity contribution is -0.130. The van der Waals surface area contributed by atoms with E-state index in [0.717, 1.165) is 13.0 Å². The molecule has 5 heteroatoms. The van der Waals surface area contributed by atoms with E-state index in [2.05, 4.69) is 5.32 Å². The molecule has 0 saturated carbocycles. The molecule has 3 amide bonds. The zero-order valence-corrected chi connectivity index (χ0v) is 7.62. The van der Waals surface area contributed by atoms with Gasteiger partial charge in [0, 0.05) is 26.7 Å². The Morgan fingerprint density at radius 2 is 2.15 bits per heavy atom. The zero-order valence-electron chi connectivity index (χ0n) is 7.62. The lowest BCUT2D eigenvalue weighted by atomic mass is 10.2. The highest BCUT2D eigenvalue weighted by molar-refractivity contribution is 5.89. The number of likely N-dealkylation sites (tertiary alicyclic amines) is 1. The summed E-state index contributed by atoms with van der Waals surface area (Å²) in [4.78, 5) is 26.1. The maximum Gasteiger partial charge on any atom is 0.318 e. The molecule has 2 aliphatic heterocycles. The number of hydrogen-bond acceptors (Lipinski definition) is 2. The van der Waals surface area contributed by atoms with Gasteiger partial charge in [0.25, 0.3) is 0 Å². The van der Waals surface area contributed by atoms with Gasteiger partial charge in [-0.15, -0.1) is 0 Å². The van der Waals surface area contributed by atoms with Gasteiger partial charge in [-0.2, -0.15) is 0 Å². The van der Waals surface area contributed by atoms with Crippen LogP contribution >= 0.6 is 0 Å². The van der Waals surface area contributed by atoms with Crippen molar-refractivity contribution in [2.24, 2.45) is 0 Å². The van der Waals surface area contributed by atoms with Crippen molar-refractivity contribution in [3.63, 3.8) is 0 Å². The van der Waals surface area contributed by atoms with Gasteiger partial charge in [-0.1, -0.05) is 0 Å². The number of carbonyl (C=O) groups is 2. The molecule has 5 nitrogen and oxygen atoms in total. The fourth-order valence-electron chi connectivity index (χ4n) is 1.88.